The Labute approximate surface area is 255 Å². The second-order valence-corrected chi connectivity index (χ2v) is 11.7. The lowest BCUT2D eigenvalue weighted by Crippen LogP contribution is -2.32. The first-order valence-corrected chi connectivity index (χ1v) is 15.4. The third kappa shape index (κ3) is 7.54. The van der Waals surface area contributed by atoms with Crippen LogP contribution in [0.4, 0.5) is 10.1 Å². The molecule has 0 saturated carbocycles. The van der Waals surface area contributed by atoms with E-state index in [0.717, 1.165) is 63.1 Å². The number of hydrogen-bond acceptors (Lipinski definition) is 7. The van der Waals surface area contributed by atoms with Crippen LogP contribution in [0.3, 0.4) is 0 Å². The van der Waals surface area contributed by atoms with Gasteiger partial charge in [0.1, 0.15) is 12.4 Å². The molecule has 1 aliphatic heterocycles. The van der Waals surface area contributed by atoms with Gasteiger partial charge >= 0.3 is 0 Å². The predicted molar refractivity (Wildman–Crippen MR) is 168 cm³/mol. The van der Waals surface area contributed by atoms with Crippen molar-refractivity contribution in [2.45, 2.75) is 57.6 Å². The number of methoxy groups -OCH3 is 2. The van der Waals surface area contributed by atoms with Crippen LogP contribution >= 0.6 is 0 Å². The molecule has 8 heteroatoms. The van der Waals surface area contributed by atoms with E-state index in [-0.39, 0.29) is 23.6 Å². The molecule has 1 N–H and O–H groups in total. The van der Waals surface area contributed by atoms with Crippen molar-refractivity contribution in [2.24, 2.45) is 0 Å². The van der Waals surface area contributed by atoms with Gasteiger partial charge in [0.15, 0.2) is 23.1 Å². The molecule has 1 saturated heterocycles. The fourth-order valence-electron chi connectivity index (χ4n) is 6.38. The van der Waals surface area contributed by atoms with Gasteiger partial charge in [0.25, 0.3) is 0 Å². The second-order valence-electron chi connectivity index (χ2n) is 11.7. The Kier molecular flexibility index (Phi) is 10.3. The average Bonchev–Trinajstić information content (AvgIpc) is 3.53. The predicted octanol–water partition coefficient (Wildman–Crippen LogP) is 6.34. The maximum Gasteiger partial charge on any atom is 0.165 e. The quantitative estimate of drug-likeness (QED) is 0.249. The molecule has 0 radical (unpaired) electrons. The van der Waals surface area contributed by atoms with Crippen LogP contribution in [-0.4, -0.2) is 70.2 Å². The Balaban J connectivity index is 1.31. The number of ether oxygens (including phenoxy) is 4. The molecule has 1 heterocycles. The fourth-order valence-corrected chi connectivity index (χ4v) is 6.38. The van der Waals surface area contributed by atoms with Crippen molar-refractivity contribution in [3.63, 3.8) is 0 Å². The Morgan fingerprint density at radius 2 is 1.79 bits per heavy atom. The first kappa shape index (κ1) is 31.0. The summed E-state index contributed by atoms with van der Waals surface area (Å²) in [7, 11) is 5.35. The summed E-state index contributed by atoms with van der Waals surface area (Å²) in [6.45, 7) is 6.22. The zero-order chi connectivity index (χ0) is 30.3. The summed E-state index contributed by atoms with van der Waals surface area (Å²) in [5.74, 6) is 1.87. The number of phenolic OH excluding ortho intramolecular Hbond substituents is 1. The zero-order valence-electron chi connectivity index (χ0n) is 25.9. The van der Waals surface area contributed by atoms with Crippen LogP contribution in [0.1, 0.15) is 54.4 Å². The lowest BCUT2D eigenvalue weighted by Gasteiger charge is -2.32. The molecule has 2 aliphatic rings. The number of nitrogens with zero attached hydrogens (tertiary/aromatic N) is 2. The molecule has 0 amide bonds. The molecule has 0 spiro atoms. The van der Waals surface area contributed by atoms with Crippen molar-refractivity contribution in [1.29, 1.82) is 0 Å². The number of phenols is 1. The molecule has 1 fully saturated rings. The van der Waals surface area contributed by atoms with E-state index in [1.54, 1.807) is 32.4 Å². The van der Waals surface area contributed by atoms with Gasteiger partial charge in [0.2, 0.25) is 0 Å². The van der Waals surface area contributed by atoms with Crippen molar-refractivity contribution >= 4 is 5.69 Å². The standard InChI is InChI=1S/C35H45FN2O5/c1-5-38(22-24-8-13-33(31(36)17-24)43-16-14-37(2)23-29-7-6-15-42-29)32-21-35(41-4)34(40-3)20-30(32)27-10-9-26-19-28(39)12-11-25(26)18-27/h8,11-13,17,19-21,27,29,39H,5-7,9-10,14-16,18,22-23H2,1-4H3/t27-,29+/m1/s1. The Hall–Kier alpha value is -3.49. The number of likely N-dealkylation sites (N-methyl/N-ethyl adjacent to an activating group) is 1. The van der Waals surface area contributed by atoms with Crippen LogP contribution < -0.4 is 19.1 Å². The second kappa shape index (κ2) is 14.3. The summed E-state index contributed by atoms with van der Waals surface area (Å²) in [4.78, 5) is 4.44. The van der Waals surface area contributed by atoms with E-state index in [9.17, 15) is 5.11 Å². The molecule has 0 bridgehead atoms. The summed E-state index contributed by atoms with van der Waals surface area (Å²) in [5.41, 5.74) is 5.58. The van der Waals surface area contributed by atoms with Crippen molar-refractivity contribution < 1.29 is 28.4 Å². The maximum absolute atomic E-state index is 15.2. The minimum absolute atomic E-state index is 0.270. The highest BCUT2D eigenvalue weighted by molar-refractivity contribution is 5.64. The van der Waals surface area contributed by atoms with Gasteiger partial charge in [-0.2, -0.15) is 0 Å². The number of aromatic hydroxyl groups is 1. The van der Waals surface area contributed by atoms with E-state index in [1.165, 1.54) is 16.7 Å². The maximum atomic E-state index is 15.2. The van der Waals surface area contributed by atoms with Crippen molar-refractivity contribution in [3.05, 3.63) is 76.6 Å². The monoisotopic (exact) mass is 592 g/mol. The summed E-state index contributed by atoms with van der Waals surface area (Å²) >= 11 is 0. The summed E-state index contributed by atoms with van der Waals surface area (Å²) in [6, 6.07) is 15.1. The smallest absolute Gasteiger partial charge is 0.165 e. The number of fused-ring (bicyclic) bond motifs is 1. The average molecular weight is 593 g/mol. The Morgan fingerprint density at radius 3 is 2.51 bits per heavy atom. The SMILES string of the molecule is CCN(Cc1ccc(OCCN(C)C[C@@H]2CCCO2)c(F)c1)c1cc(OC)c(OC)cc1[C@@H]1CCc2cc(O)ccc2C1. The molecule has 7 nitrogen and oxygen atoms in total. The van der Waals surface area contributed by atoms with Gasteiger partial charge in [-0.15, -0.1) is 0 Å². The number of halogens is 1. The minimum atomic E-state index is -0.352. The Bertz CT molecular complexity index is 1380. The molecule has 3 aromatic rings. The molecular formula is C35H45FN2O5. The topological polar surface area (TPSA) is 63.6 Å². The highest BCUT2D eigenvalue weighted by Gasteiger charge is 2.26. The summed E-state index contributed by atoms with van der Waals surface area (Å²) in [5, 5.41) is 9.96. The summed E-state index contributed by atoms with van der Waals surface area (Å²) < 4.78 is 38.1. The van der Waals surface area contributed by atoms with Crippen molar-refractivity contribution in [3.8, 4) is 23.0 Å². The number of rotatable bonds is 13. The van der Waals surface area contributed by atoms with Gasteiger partial charge in [0, 0.05) is 44.5 Å². The largest absolute Gasteiger partial charge is 0.508 e. The number of aryl methyl sites for hydroxylation is 1. The third-order valence-corrected chi connectivity index (χ3v) is 8.75. The first-order chi connectivity index (χ1) is 20.9. The van der Waals surface area contributed by atoms with Crippen LogP contribution in [0.5, 0.6) is 23.0 Å². The van der Waals surface area contributed by atoms with Crippen LogP contribution in [0.25, 0.3) is 0 Å². The molecule has 0 unspecified atom stereocenters. The molecule has 5 rings (SSSR count). The number of benzene rings is 3. The van der Waals surface area contributed by atoms with E-state index in [1.807, 2.05) is 31.3 Å². The van der Waals surface area contributed by atoms with Gasteiger partial charge < -0.3 is 33.9 Å². The van der Waals surface area contributed by atoms with Crippen LogP contribution in [0, 0.1) is 5.82 Å². The summed E-state index contributed by atoms with van der Waals surface area (Å²) in [6.07, 6.45) is 5.24. The third-order valence-electron chi connectivity index (χ3n) is 8.75. The molecular weight excluding hydrogens is 547 g/mol. The molecule has 43 heavy (non-hydrogen) atoms. The molecule has 2 atom stereocenters. The zero-order valence-corrected chi connectivity index (χ0v) is 25.9. The lowest BCUT2D eigenvalue weighted by molar-refractivity contribution is 0.0769. The van der Waals surface area contributed by atoms with E-state index < -0.39 is 0 Å². The molecule has 1 aliphatic carbocycles. The number of hydrogen-bond donors (Lipinski definition) is 1. The lowest BCUT2D eigenvalue weighted by atomic mass is 9.79. The normalized spacial score (nSPS) is 18.0. The molecule has 232 valence electrons. The Morgan fingerprint density at radius 1 is 0.977 bits per heavy atom. The van der Waals surface area contributed by atoms with E-state index in [0.29, 0.717) is 36.9 Å². The molecule has 3 aromatic carbocycles. The van der Waals surface area contributed by atoms with Gasteiger partial charge in [-0.1, -0.05) is 12.1 Å². The van der Waals surface area contributed by atoms with Gasteiger partial charge in [-0.25, -0.2) is 4.39 Å². The van der Waals surface area contributed by atoms with Crippen LogP contribution in [0.15, 0.2) is 48.5 Å². The van der Waals surface area contributed by atoms with E-state index >= 15 is 4.39 Å². The fraction of sp³-hybridized carbons (Fsp3) is 0.486. The number of anilines is 1. The highest BCUT2D eigenvalue weighted by Crippen LogP contribution is 2.43. The minimum Gasteiger partial charge on any atom is -0.508 e. The van der Waals surface area contributed by atoms with Crippen LogP contribution in [-0.2, 0) is 24.1 Å². The van der Waals surface area contributed by atoms with Crippen molar-refractivity contribution in [1.82, 2.24) is 4.90 Å². The first-order valence-electron chi connectivity index (χ1n) is 15.4. The van der Waals surface area contributed by atoms with E-state index in [2.05, 4.69) is 22.8 Å². The van der Waals surface area contributed by atoms with Crippen LogP contribution in [0.2, 0.25) is 0 Å². The van der Waals surface area contributed by atoms with Gasteiger partial charge in [-0.3, -0.25) is 0 Å². The van der Waals surface area contributed by atoms with Gasteiger partial charge in [0.05, 0.1) is 20.3 Å². The van der Waals surface area contributed by atoms with Crippen molar-refractivity contribution in [2.75, 3.05) is 59.0 Å². The highest BCUT2D eigenvalue weighted by atomic mass is 19.1. The molecule has 0 aromatic heterocycles. The van der Waals surface area contributed by atoms with Gasteiger partial charge in [-0.05, 0) is 105 Å². The van der Waals surface area contributed by atoms with E-state index in [4.69, 9.17) is 18.9 Å².